The van der Waals surface area contributed by atoms with Crippen LogP contribution in [0.3, 0.4) is 0 Å². The Hall–Kier alpha value is -2.63. The van der Waals surface area contributed by atoms with Gasteiger partial charge in [0.1, 0.15) is 11.6 Å². The highest BCUT2D eigenvalue weighted by molar-refractivity contribution is 5.79. The molecule has 2 heterocycles. The molecule has 2 N–H and O–H groups in total. The molecule has 2 rings (SSSR count). The molecule has 6 heteroatoms. The Kier molecular flexibility index (Phi) is 9.42. The molecule has 1 aliphatic rings. The molecule has 0 spiro atoms. The van der Waals surface area contributed by atoms with Crippen LogP contribution in [0.2, 0.25) is 0 Å². The number of aliphatic hydroxyl groups excluding tert-OH is 1. The predicted octanol–water partition coefficient (Wildman–Crippen LogP) is 5.51. The lowest BCUT2D eigenvalue weighted by Gasteiger charge is -2.13. The van der Waals surface area contributed by atoms with Crippen molar-refractivity contribution in [2.75, 3.05) is 0 Å². The summed E-state index contributed by atoms with van der Waals surface area (Å²) < 4.78 is 15.0. The first-order valence-corrected chi connectivity index (χ1v) is 9.68. The molecule has 0 atom stereocenters. The van der Waals surface area contributed by atoms with Gasteiger partial charge in [0, 0.05) is 17.0 Å². The molecule has 0 radical (unpaired) electrons. The zero-order chi connectivity index (χ0) is 21.3. The number of fused-ring (bicyclic) bond motifs is 1. The van der Waals surface area contributed by atoms with Gasteiger partial charge in [0.2, 0.25) is 0 Å². The van der Waals surface area contributed by atoms with Crippen molar-refractivity contribution in [2.45, 2.75) is 66.3 Å². The van der Waals surface area contributed by atoms with E-state index < -0.39 is 5.83 Å². The molecule has 5 nitrogen and oxygen atoms in total. The molecule has 0 fully saturated rings. The van der Waals surface area contributed by atoms with Crippen LogP contribution in [0, 0.1) is 0 Å². The summed E-state index contributed by atoms with van der Waals surface area (Å²) in [6.45, 7) is 14.8. The van der Waals surface area contributed by atoms with Crippen molar-refractivity contribution >= 4 is 6.21 Å². The summed E-state index contributed by atoms with van der Waals surface area (Å²) in [5.41, 5.74) is 2.93. The van der Waals surface area contributed by atoms with E-state index in [2.05, 4.69) is 37.0 Å². The Labute approximate surface area is 166 Å². The third-order valence-corrected chi connectivity index (χ3v) is 4.72. The summed E-state index contributed by atoms with van der Waals surface area (Å²) in [5, 5.41) is 9.76. The molecule has 0 saturated heterocycles. The number of halogens is 1. The summed E-state index contributed by atoms with van der Waals surface area (Å²) >= 11 is 0. The van der Waals surface area contributed by atoms with Crippen LogP contribution in [-0.4, -0.2) is 20.9 Å². The third kappa shape index (κ3) is 6.22. The fourth-order valence-electron chi connectivity index (χ4n) is 2.77. The Morgan fingerprint density at radius 2 is 2.00 bits per heavy atom. The van der Waals surface area contributed by atoms with E-state index in [1.165, 1.54) is 23.8 Å². The van der Waals surface area contributed by atoms with Gasteiger partial charge in [0.25, 0.3) is 0 Å². The minimum atomic E-state index is -0.796. The number of hydrogen-bond acceptors (Lipinski definition) is 3. The van der Waals surface area contributed by atoms with Crippen LogP contribution in [-0.2, 0) is 13.0 Å². The van der Waals surface area contributed by atoms with Gasteiger partial charge < -0.3 is 10.1 Å². The number of aliphatic hydroxyl groups is 1. The van der Waals surface area contributed by atoms with E-state index in [4.69, 9.17) is 0 Å². The normalized spacial score (nSPS) is 16.9. The van der Waals surface area contributed by atoms with Gasteiger partial charge in [-0.1, -0.05) is 51.8 Å². The number of nitrogens with zero attached hydrogens (tertiary/aromatic N) is 2. The monoisotopic (exact) mass is 389 g/mol. The molecule has 0 aromatic carbocycles. The Balaban J connectivity index is 0.000000696. The van der Waals surface area contributed by atoms with Gasteiger partial charge in [-0.15, -0.1) is 0 Å². The highest BCUT2D eigenvalue weighted by Crippen LogP contribution is 2.21. The summed E-state index contributed by atoms with van der Waals surface area (Å²) in [4.78, 5) is 19.3. The van der Waals surface area contributed by atoms with Crippen LogP contribution < -0.4 is 5.69 Å². The Bertz CT molecular complexity index is 852. The number of H-pyrrole nitrogens is 1. The van der Waals surface area contributed by atoms with E-state index in [9.17, 15) is 14.3 Å². The standard InChI is InChI=1S/C17H20FN3O2.C5H12/c1-5-16(22)13(11(3)18)9-21-15-7-6-10(2)12(4)19-8-14(15)20-17(21)23;1-3-5-4-2/h5,8,22H,1,3,6-7,9H2,2,4H3,(H,20,23);3-5H2,1-2H3/b12-10+,16-13+,19-8?;. The minimum Gasteiger partial charge on any atom is -0.508 e. The number of aromatic amines is 1. The van der Waals surface area contributed by atoms with E-state index in [1.807, 2.05) is 13.8 Å². The summed E-state index contributed by atoms with van der Waals surface area (Å²) in [5.74, 6) is -1.12. The maximum Gasteiger partial charge on any atom is 0.326 e. The summed E-state index contributed by atoms with van der Waals surface area (Å²) in [6.07, 6.45) is 8.17. The topological polar surface area (TPSA) is 70.4 Å². The lowest BCUT2D eigenvalue weighted by Crippen LogP contribution is -2.21. The van der Waals surface area contributed by atoms with Crippen molar-refractivity contribution in [3.63, 3.8) is 0 Å². The van der Waals surface area contributed by atoms with E-state index in [0.717, 1.165) is 29.5 Å². The Morgan fingerprint density at radius 1 is 1.36 bits per heavy atom. The van der Waals surface area contributed by atoms with Crippen LogP contribution in [0.25, 0.3) is 0 Å². The molecule has 1 aliphatic heterocycles. The first-order valence-electron chi connectivity index (χ1n) is 9.68. The Morgan fingerprint density at radius 3 is 2.50 bits per heavy atom. The molecule has 0 unspecified atom stereocenters. The first-order chi connectivity index (χ1) is 13.3. The van der Waals surface area contributed by atoms with Crippen LogP contribution in [0.15, 0.2) is 57.5 Å². The van der Waals surface area contributed by atoms with Gasteiger partial charge >= 0.3 is 5.69 Å². The molecule has 154 valence electrons. The fourth-order valence-corrected chi connectivity index (χ4v) is 2.77. The second-order valence-electron chi connectivity index (χ2n) is 6.83. The summed E-state index contributed by atoms with van der Waals surface area (Å²) in [7, 11) is 0. The molecule has 28 heavy (non-hydrogen) atoms. The lowest BCUT2D eigenvalue weighted by molar-refractivity contribution is 0.416. The number of allylic oxidation sites excluding steroid dienone is 5. The van der Waals surface area contributed by atoms with Crippen molar-refractivity contribution in [1.82, 2.24) is 9.55 Å². The average Bonchev–Trinajstić information content (AvgIpc) is 2.95. The highest BCUT2D eigenvalue weighted by Gasteiger charge is 2.18. The SMILES string of the molecule is C=C/C(O)=C(/Cn1c2c([nH]c1=O)C=N/C(C)=C(\C)CC2)C(=C)F.CCCCC. The number of unbranched alkanes of at least 4 members (excludes halogenated alkanes) is 2. The number of aliphatic imine (C=N–C) groups is 1. The molecular weight excluding hydrogens is 357 g/mol. The van der Waals surface area contributed by atoms with Crippen molar-refractivity contribution in [1.29, 1.82) is 0 Å². The van der Waals surface area contributed by atoms with Crippen molar-refractivity contribution in [2.24, 2.45) is 4.99 Å². The van der Waals surface area contributed by atoms with Crippen molar-refractivity contribution in [3.05, 3.63) is 69.5 Å². The first kappa shape index (κ1) is 23.4. The second kappa shape index (κ2) is 11.3. The highest BCUT2D eigenvalue weighted by atomic mass is 19.1. The molecular formula is C22H32FN3O2. The van der Waals surface area contributed by atoms with Gasteiger partial charge in [-0.05, 0) is 32.8 Å². The van der Waals surface area contributed by atoms with Gasteiger partial charge in [0.05, 0.1) is 18.5 Å². The minimum absolute atomic E-state index is 0.0636. The number of nitrogens with one attached hydrogen (secondary N) is 1. The maximum atomic E-state index is 13.6. The predicted molar refractivity (Wildman–Crippen MR) is 115 cm³/mol. The van der Waals surface area contributed by atoms with E-state index >= 15 is 0 Å². The van der Waals surface area contributed by atoms with Crippen molar-refractivity contribution in [3.8, 4) is 0 Å². The number of imidazole rings is 1. The van der Waals surface area contributed by atoms with Gasteiger partial charge in [-0.25, -0.2) is 9.18 Å². The van der Waals surface area contributed by atoms with E-state index in [1.54, 1.807) is 6.21 Å². The van der Waals surface area contributed by atoms with E-state index in [-0.39, 0.29) is 23.6 Å². The van der Waals surface area contributed by atoms with Gasteiger partial charge in [-0.2, -0.15) is 0 Å². The quantitative estimate of drug-likeness (QED) is 0.497. The number of hydrogen-bond donors (Lipinski definition) is 2. The summed E-state index contributed by atoms with van der Waals surface area (Å²) in [6, 6.07) is 0. The fraction of sp³-hybridized carbons (Fsp3) is 0.455. The molecule has 0 aliphatic carbocycles. The van der Waals surface area contributed by atoms with E-state index in [0.29, 0.717) is 12.1 Å². The van der Waals surface area contributed by atoms with Gasteiger partial charge in [0.15, 0.2) is 0 Å². The third-order valence-electron chi connectivity index (χ3n) is 4.72. The van der Waals surface area contributed by atoms with Crippen LogP contribution >= 0.6 is 0 Å². The molecule has 0 amide bonds. The average molecular weight is 390 g/mol. The lowest BCUT2D eigenvalue weighted by atomic mass is 10.1. The van der Waals surface area contributed by atoms with Crippen molar-refractivity contribution < 1.29 is 9.50 Å². The number of aromatic nitrogens is 2. The molecule has 0 saturated carbocycles. The number of rotatable bonds is 6. The zero-order valence-corrected chi connectivity index (χ0v) is 17.4. The molecule has 0 bridgehead atoms. The maximum absolute atomic E-state index is 13.6. The smallest absolute Gasteiger partial charge is 0.326 e. The molecule has 1 aromatic heterocycles. The van der Waals surface area contributed by atoms with Crippen LogP contribution in [0.1, 0.15) is 64.8 Å². The van der Waals surface area contributed by atoms with Crippen LogP contribution in [0.4, 0.5) is 4.39 Å². The second-order valence-corrected chi connectivity index (χ2v) is 6.83. The zero-order valence-electron chi connectivity index (χ0n) is 17.4. The molecule has 1 aromatic rings. The largest absolute Gasteiger partial charge is 0.508 e. The van der Waals surface area contributed by atoms with Crippen LogP contribution in [0.5, 0.6) is 0 Å². The van der Waals surface area contributed by atoms with Gasteiger partial charge in [-0.3, -0.25) is 9.56 Å².